The Hall–Kier alpha value is -3.06. The molecule has 6 nitrogen and oxygen atoms in total. The number of ether oxygens (including phenoxy) is 2. The summed E-state index contributed by atoms with van der Waals surface area (Å²) in [5.41, 5.74) is 1.30. The van der Waals surface area contributed by atoms with Crippen molar-refractivity contribution in [2.45, 2.75) is 13.8 Å². The Balaban J connectivity index is 1.30. The molecule has 1 heterocycles. The molecule has 6 heteroatoms. The van der Waals surface area contributed by atoms with Crippen molar-refractivity contribution in [1.29, 1.82) is 10.5 Å². The van der Waals surface area contributed by atoms with Crippen LogP contribution in [0, 0.1) is 34.5 Å². The quantitative estimate of drug-likeness (QED) is 0.569. The predicted octanol–water partition coefficient (Wildman–Crippen LogP) is 3.78. The Morgan fingerprint density at radius 1 is 0.688 bits per heavy atom. The third-order valence-corrected chi connectivity index (χ3v) is 5.64. The maximum Gasteiger partial charge on any atom is 0.119 e. The molecule has 0 aromatic heterocycles. The van der Waals surface area contributed by atoms with Crippen LogP contribution in [0.15, 0.2) is 48.5 Å². The van der Waals surface area contributed by atoms with Crippen LogP contribution in [0.5, 0.6) is 11.5 Å². The number of benzene rings is 2. The molecule has 1 fully saturated rings. The molecule has 1 aliphatic heterocycles. The number of piperazine rings is 1. The summed E-state index contributed by atoms with van der Waals surface area (Å²) in [4.78, 5) is 5.03. The summed E-state index contributed by atoms with van der Waals surface area (Å²) in [5, 5.41) is 17.7. The van der Waals surface area contributed by atoms with Gasteiger partial charge in [0.2, 0.25) is 0 Å². The number of nitrogens with zero attached hydrogens (tertiary/aromatic N) is 4. The zero-order valence-corrected chi connectivity index (χ0v) is 19.0. The Kier molecular flexibility index (Phi) is 8.92. The van der Waals surface area contributed by atoms with Gasteiger partial charge in [-0.25, -0.2) is 0 Å². The van der Waals surface area contributed by atoms with Crippen LogP contribution in [0.2, 0.25) is 0 Å². The standard InChI is InChI=1S/C26H32N4O2/c1-21(19-31-25-7-3-23(15-27)4-8-25)17-29-11-13-30(14-12-29)18-22(2)20-32-26-9-5-24(16-28)6-10-26/h3-10,21-22H,11-14,17-20H2,1-2H3. The van der Waals surface area contributed by atoms with Crippen molar-refractivity contribution in [2.75, 3.05) is 52.5 Å². The SMILES string of the molecule is CC(COc1ccc(C#N)cc1)CN1CCN(CC(C)COc2ccc(C#N)cc2)CC1. The van der Waals surface area contributed by atoms with Gasteiger partial charge in [0.15, 0.2) is 0 Å². The normalized spacial score (nSPS) is 16.5. The van der Waals surface area contributed by atoms with Gasteiger partial charge in [-0.15, -0.1) is 0 Å². The Bertz CT molecular complexity index is 829. The average molecular weight is 433 g/mol. The van der Waals surface area contributed by atoms with Crippen molar-refractivity contribution < 1.29 is 9.47 Å². The minimum atomic E-state index is 0.442. The molecule has 3 rings (SSSR count). The zero-order chi connectivity index (χ0) is 22.8. The Labute approximate surface area is 191 Å². The first-order chi connectivity index (χ1) is 15.6. The summed E-state index contributed by atoms with van der Waals surface area (Å²) >= 11 is 0. The van der Waals surface area contributed by atoms with Crippen molar-refractivity contribution in [3.8, 4) is 23.6 Å². The molecule has 1 saturated heterocycles. The molecule has 0 spiro atoms. The van der Waals surface area contributed by atoms with Gasteiger partial charge in [0.25, 0.3) is 0 Å². The number of hydrogen-bond acceptors (Lipinski definition) is 6. The molecular weight excluding hydrogens is 400 g/mol. The lowest BCUT2D eigenvalue weighted by atomic mass is 10.1. The van der Waals surface area contributed by atoms with Crippen LogP contribution in [0.25, 0.3) is 0 Å². The molecule has 2 aromatic carbocycles. The number of rotatable bonds is 10. The molecule has 2 unspecified atom stereocenters. The third-order valence-electron chi connectivity index (χ3n) is 5.64. The average Bonchev–Trinajstić information content (AvgIpc) is 2.83. The van der Waals surface area contributed by atoms with E-state index in [-0.39, 0.29) is 0 Å². The Morgan fingerprint density at radius 2 is 1.03 bits per heavy atom. The second kappa shape index (κ2) is 12.1. The lowest BCUT2D eigenvalue weighted by Crippen LogP contribution is -2.49. The molecule has 0 amide bonds. The first-order valence-electron chi connectivity index (χ1n) is 11.3. The number of nitriles is 2. The Morgan fingerprint density at radius 3 is 1.34 bits per heavy atom. The molecule has 32 heavy (non-hydrogen) atoms. The summed E-state index contributed by atoms with van der Waals surface area (Å²) in [5.74, 6) is 2.52. The zero-order valence-electron chi connectivity index (χ0n) is 19.0. The van der Waals surface area contributed by atoms with Crippen LogP contribution >= 0.6 is 0 Å². The molecule has 168 valence electrons. The first kappa shape index (κ1) is 23.6. The van der Waals surface area contributed by atoms with Crippen molar-refractivity contribution in [3.05, 3.63) is 59.7 Å². The van der Waals surface area contributed by atoms with Crippen molar-refractivity contribution in [2.24, 2.45) is 11.8 Å². The highest BCUT2D eigenvalue weighted by atomic mass is 16.5. The van der Waals surface area contributed by atoms with Crippen LogP contribution in [0.1, 0.15) is 25.0 Å². The summed E-state index contributed by atoms with van der Waals surface area (Å²) in [6.07, 6.45) is 0. The summed E-state index contributed by atoms with van der Waals surface area (Å²) in [6, 6.07) is 18.8. The van der Waals surface area contributed by atoms with Gasteiger partial charge >= 0.3 is 0 Å². The van der Waals surface area contributed by atoms with Gasteiger partial charge in [-0.2, -0.15) is 10.5 Å². The highest BCUT2D eigenvalue weighted by Crippen LogP contribution is 2.15. The monoisotopic (exact) mass is 432 g/mol. The van der Waals surface area contributed by atoms with Crippen molar-refractivity contribution >= 4 is 0 Å². The van der Waals surface area contributed by atoms with Crippen LogP contribution < -0.4 is 9.47 Å². The van der Waals surface area contributed by atoms with E-state index in [0.717, 1.165) is 50.8 Å². The summed E-state index contributed by atoms with van der Waals surface area (Å²) in [7, 11) is 0. The molecule has 2 aromatic rings. The second-order valence-corrected chi connectivity index (χ2v) is 8.71. The van der Waals surface area contributed by atoms with Gasteiger partial charge in [0, 0.05) is 51.1 Å². The smallest absolute Gasteiger partial charge is 0.119 e. The van der Waals surface area contributed by atoms with E-state index in [0.29, 0.717) is 36.2 Å². The summed E-state index contributed by atoms with van der Waals surface area (Å²) < 4.78 is 11.8. The second-order valence-electron chi connectivity index (χ2n) is 8.71. The number of hydrogen-bond donors (Lipinski definition) is 0. The molecule has 1 aliphatic rings. The molecule has 0 N–H and O–H groups in total. The summed E-state index contributed by atoms with van der Waals surface area (Å²) in [6.45, 7) is 12.1. The largest absolute Gasteiger partial charge is 0.493 e. The van der Waals surface area contributed by atoms with E-state index in [2.05, 4.69) is 35.8 Å². The van der Waals surface area contributed by atoms with E-state index < -0.39 is 0 Å². The minimum Gasteiger partial charge on any atom is -0.493 e. The highest BCUT2D eigenvalue weighted by Gasteiger charge is 2.20. The van der Waals surface area contributed by atoms with Crippen LogP contribution in [0.3, 0.4) is 0 Å². The van der Waals surface area contributed by atoms with Gasteiger partial charge < -0.3 is 19.3 Å². The molecule has 2 atom stereocenters. The third kappa shape index (κ3) is 7.57. The van der Waals surface area contributed by atoms with Gasteiger partial charge in [0.05, 0.1) is 36.5 Å². The maximum absolute atomic E-state index is 8.87. The van der Waals surface area contributed by atoms with Crippen LogP contribution in [-0.2, 0) is 0 Å². The van der Waals surface area contributed by atoms with Gasteiger partial charge in [-0.1, -0.05) is 13.8 Å². The molecular formula is C26H32N4O2. The van der Waals surface area contributed by atoms with Crippen molar-refractivity contribution in [3.63, 3.8) is 0 Å². The highest BCUT2D eigenvalue weighted by molar-refractivity contribution is 5.35. The van der Waals surface area contributed by atoms with E-state index >= 15 is 0 Å². The topological polar surface area (TPSA) is 72.5 Å². The lowest BCUT2D eigenvalue weighted by molar-refractivity contribution is 0.0922. The molecule has 0 aliphatic carbocycles. The van der Waals surface area contributed by atoms with Gasteiger partial charge in [0.1, 0.15) is 11.5 Å². The van der Waals surface area contributed by atoms with Gasteiger partial charge in [-0.3, -0.25) is 0 Å². The predicted molar refractivity (Wildman–Crippen MR) is 125 cm³/mol. The fourth-order valence-electron chi connectivity index (χ4n) is 3.87. The first-order valence-corrected chi connectivity index (χ1v) is 11.3. The van der Waals surface area contributed by atoms with Gasteiger partial charge in [-0.05, 0) is 48.5 Å². The maximum atomic E-state index is 8.87. The van der Waals surface area contributed by atoms with E-state index in [4.69, 9.17) is 20.0 Å². The van der Waals surface area contributed by atoms with Crippen LogP contribution in [-0.4, -0.2) is 62.3 Å². The lowest BCUT2D eigenvalue weighted by Gasteiger charge is -2.37. The molecule has 0 bridgehead atoms. The van der Waals surface area contributed by atoms with E-state index in [1.54, 1.807) is 24.3 Å². The van der Waals surface area contributed by atoms with Crippen LogP contribution in [0.4, 0.5) is 0 Å². The molecule has 0 saturated carbocycles. The fourth-order valence-corrected chi connectivity index (χ4v) is 3.87. The van der Waals surface area contributed by atoms with Crippen molar-refractivity contribution in [1.82, 2.24) is 9.80 Å². The fraction of sp³-hybridized carbons (Fsp3) is 0.462. The minimum absolute atomic E-state index is 0.442. The van der Waals surface area contributed by atoms with E-state index in [1.165, 1.54) is 0 Å². The van der Waals surface area contributed by atoms with E-state index in [1.807, 2.05) is 24.3 Å². The van der Waals surface area contributed by atoms with E-state index in [9.17, 15) is 0 Å². The molecule has 0 radical (unpaired) electrons.